The summed E-state index contributed by atoms with van der Waals surface area (Å²) in [5, 5.41) is 12.1. The third kappa shape index (κ3) is 4.94. The number of nitrogens with one attached hydrogen (secondary N) is 1. The average molecular weight is 263 g/mol. The normalized spacial score (nSPS) is 17.1. The van der Waals surface area contributed by atoms with Gasteiger partial charge in [0.05, 0.1) is 0 Å². The van der Waals surface area contributed by atoms with Gasteiger partial charge in [-0.3, -0.25) is 4.79 Å². The van der Waals surface area contributed by atoms with Crippen molar-refractivity contribution in [3.8, 4) is 6.07 Å². The van der Waals surface area contributed by atoms with Crippen LogP contribution in [-0.4, -0.2) is 30.4 Å². The summed E-state index contributed by atoms with van der Waals surface area (Å²) in [6.07, 6.45) is 7.29. The summed E-state index contributed by atoms with van der Waals surface area (Å²) in [7, 11) is 1.81. The van der Waals surface area contributed by atoms with Gasteiger partial charge in [-0.2, -0.15) is 5.26 Å². The number of carbonyl (C=O) groups excluding carboxylic acids is 1. The van der Waals surface area contributed by atoms with Crippen LogP contribution in [0.1, 0.15) is 46.0 Å². The van der Waals surface area contributed by atoms with Gasteiger partial charge in [0.2, 0.25) is 0 Å². The fraction of sp³-hybridized carbons (Fsp3) is 0.733. The number of likely N-dealkylation sites (N-methyl/N-ethyl adjacent to an activating group) is 1. The van der Waals surface area contributed by atoms with Crippen molar-refractivity contribution in [1.82, 2.24) is 10.2 Å². The lowest BCUT2D eigenvalue weighted by Crippen LogP contribution is -2.39. The number of hydrogen-bond acceptors (Lipinski definition) is 3. The van der Waals surface area contributed by atoms with Crippen LogP contribution in [0.3, 0.4) is 0 Å². The molecule has 0 saturated heterocycles. The Kier molecular flexibility index (Phi) is 6.41. The molecule has 1 amide bonds. The van der Waals surface area contributed by atoms with E-state index >= 15 is 0 Å². The molecule has 4 nitrogen and oxygen atoms in total. The zero-order valence-corrected chi connectivity index (χ0v) is 12.3. The van der Waals surface area contributed by atoms with Crippen molar-refractivity contribution < 1.29 is 4.79 Å². The van der Waals surface area contributed by atoms with Gasteiger partial charge in [0.15, 0.2) is 0 Å². The van der Waals surface area contributed by atoms with Crippen LogP contribution in [0.4, 0.5) is 0 Å². The van der Waals surface area contributed by atoms with Gasteiger partial charge in [0.25, 0.3) is 5.91 Å². The molecule has 0 heterocycles. The maximum Gasteiger partial charge on any atom is 0.265 e. The van der Waals surface area contributed by atoms with Crippen LogP contribution in [0.25, 0.3) is 0 Å². The van der Waals surface area contributed by atoms with E-state index in [9.17, 15) is 4.79 Å². The Balaban J connectivity index is 2.59. The summed E-state index contributed by atoms with van der Waals surface area (Å²) in [4.78, 5) is 14.0. The van der Waals surface area contributed by atoms with Gasteiger partial charge in [0, 0.05) is 25.8 Å². The molecule has 0 aromatic rings. The van der Waals surface area contributed by atoms with Crippen LogP contribution in [0, 0.1) is 17.2 Å². The molecular weight excluding hydrogens is 238 g/mol. The molecule has 0 aliphatic heterocycles. The van der Waals surface area contributed by atoms with Gasteiger partial charge in [-0.1, -0.05) is 33.1 Å². The third-order valence-corrected chi connectivity index (χ3v) is 3.57. The Hall–Kier alpha value is -1.50. The van der Waals surface area contributed by atoms with Crippen LogP contribution in [0.15, 0.2) is 11.8 Å². The van der Waals surface area contributed by atoms with Crippen molar-refractivity contribution >= 4 is 5.91 Å². The quantitative estimate of drug-likeness (QED) is 0.612. The van der Waals surface area contributed by atoms with Crippen molar-refractivity contribution in [3.63, 3.8) is 0 Å². The minimum Gasteiger partial charge on any atom is -0.389 e. The fourth-order valence-corrected chi connectivity index (χ4v) is 2.36. The molecule has 0 spiro atoms. The second-order valence-corrected chi connectivity index (χ2v) is 5.68. The van der Waals surface area contributed by atoms with Gasteiger partial charge in [0.1, 0.15) is 11.6 Å². The van der Waals surface area contributed by atoms with E-state index in [1.807, 2.05) is 13.1 Å². The van der Waals surface area contributed by atoms with E-state index in [1.165, 1.54) is 19.3 Å². The number of amides is 1. The van der Waals surface area contributed by atoms with Crippen molar-refractivity contribution in [1.29, 1.82) is 5.26 Å². The molecule has 0 aromatic heterocycles. The smallest absolute Gasteiger partial charge is 0.265 e. The highest BCUT2D eigenvalue weighted by Gasteiger charge is 2.24. The molecule has 1 saturated carbocycles. The number of nitrogens with zero attached hydrogens (tertiary/aromatic N) is 2. The molecule has 1 aliphatic carbocycles. The van der Waals surface area contributed by atoms with Crippen molar-refractivity contribution in [2.24, 2.45) is 5.92 Å². The molecule has 1 N–H and O–H groups in total. The van der Waals surface area contributed by atoms with E-state index in [-0.39, 0.29) is 11.5 Å². The lowest BCUT2D eigenvalue weighted by Gasteiger charge is -2.31. The second-order valence-electron chi connectivity index (χ2n) is 5.68. The first-order valence-electron chi connectivity index (χ1n) is 7.17. The molecule has 0 atom stereocenters. The SMILES string of the molecule is CC(C)CN/C=C(/C#N)C(=O)N(C)C1CCCCC1. The first kappa shape index (κ1) is 15.6. The number of rotatable bonds is 5. The zero-order chi connectivity index (χ0) is 14.3. The monoisotopic (exact) mass is 263 g/mol. The largest absolute Gasteiger partial charge is 0.389 e. The van der Waals surface area contributed by atoms with E-state index in [2.05, 4.69) is 19.2 Å². The Morgan fingerprint density at radius 3 is 2.58 bits per heavy atom. The molecule has 0 bridgehead atoms. The maximum absolute atomic E-state index is 12.2. The first-order valence-corrected chi connectivity index (χ1v) is 7.17. The molecule has 4 heteroatoms. The van der Waals surface area contributed by atoms with Crippen LogP contribution in [-0.2, 0) is 4.79 Å². The molecule has 106 valence electrons. The average Bonchev–Trinajstić information content (AvgIpc) is 2.43. The Morgan fingerprint density at radius 1 is 1.42 bits per heavy atom. The predicted molar refractivity (Wildman–Crippen MR) is 76.2 cm³/mol. The first-order chi connectivity index (χ1) is 9.06. The van der Waals surface area contributed by atoms with Gasteiger partial charge in [-0.15, -0.1) is 0 Å². The highest BCUT2D eigenvalue weighted by atomic mass is 16.2. The van der Waals surface area contributed by atoms with Gasteiger partial charge < -0.3 is 10.2 Å². The van der Waals surface area contributed by atoms with Crippen molar-refractivity contribution in [2.75, 3.05) is 13.6 Å². The Bertz CT molecular complexity index is 362. The summed E-state index contributed by atoms with van der Waals surface area (Å²) < 4.78 is 0. The molecule has 0 unspecified atom stereocenters. The Morgan fingerprint density at radius 2 is 2.05 bits per heavy atom. The number of carbonyl (C=O) groups is 1. The molecule has 1 rings (SSSR count). The van der Waals surface area contributed by atoms with Crippen LogP contribution >= 0.6 is 0 Å². The topological polar surface area (TPSA) is 56.1 Å². The van der Waals surface area contributed by atoms with E-state index in [0.717, 1.165) is 19.4 Å². The van der Waals surface area contributed by atoms with Gasteiger partial charge in [-0.05, 0) is 18.8 Å². The minimum atomic E-state index is -0.161. The highest BCUT2D eigenvalue weighted by Crippen LogP contribution is 2.22. The summed E-state index contributed by atoms with van der Waals surface area (Å²) >= 11 is 0. The standard InChI is InChI=1S/C15H25N3O/c1-12(2)10-17-11-13(9-16)15(19)18(3)14-7-5-4-6-8-14/h11-12,14,17H,4-8,10H2,1-3H3/b13-11-. The summed E-state index contributed by atoms with van der Waals surface area (Å²) in [5.74, 6) is 0.327. The molecule has 19 heavy (non-hydrogen) atoms. The summed E-state index contributed by atoms with van der Waals surface area (Å²) in [6, 6.07) is 2.30. The van der Waals surface area contributed by atoms with E-state index in [1.54, 1.807) is 11.1 Å². The lowest BCUT2D eigenvalue weighted by molar-refractivity contribution is -0.128. The van der Waals surface area contributed by atoms with Crippen LogP contribution in [0.2, 0.25) is 0 Å². The number of nitriles is 1. The summed E-state index contributed by atoms with van der Waals surface area (Å²) in [6.45, 7) is 4.94. The minimum absolute atomic E-state index is 0.161. The Labute approximate surface area is 116 Å². The van der Waals surface area contributed by atoms with E-state index < -0.39 is 0 Å². The van der Waals surface area contributed by atoms with Crippen molar-refractivity contribution in [2.45, 2.75) is 52.0 Å². The molecule has 0 radical (unpaired) electrons. The molecule has 1 aliphatic rings. The molecule has 1 fully saturated rings. The zero-order valence-electron chi connectivity index (χ0n) is 12.3. The maximum atomic E-state index is 12.2. The third-order valence-electron chi connectivity index (χ3n) is 3.57. The highest BCUT2D eigenvalue weighted by molar-refractivity contribution is 5.97. The van der Waals surface area contributed by atoms with E-state index in [0.29, 0.717) is 12.0 Å². The van der Waals surface area contributed by atoms with E-state index in [4.69, 9.17) is 5.26 Å². The van der Waals surface area contributed by atoms with Gasteiger partial charge >= 0.3 is 0 Å². The molecular formula is C15H25N3O. The van der Waals surface area contributed by atoms with Gasteiger partial charge in [-0.25, -0.2) is 0 Å². The lowest BCUT2D eigenvalue weighted by atomic mass is 9.94. The fourth-order valence-electron chi connectivity index (χ4n) is 2.36. The van der Waals surface area contributed by atoms with Crippen LogP contribution < -0.4 is 5.32 Å². The summed E-state index contributed by atoms with van der Waals surface area (Å²) in [5.41, 5.74) is 0.203. The molecule has 0 aromatic carbocycles. The predicted octanol–water partition coefficient (Wildman–Crippen LogP) is 2.43. The van der Waals surface area contributed by atoms with Crippen LogP contribution in [0.5, 0.6) is 0 Å². The second kappa shape index (κ2) is 7.83. The van der Waals surface area contributed by atoms with Crippen molar-refractivity contribution in [3.05, 3.63) is 11.8 Å². The number of hydrogen-bond donors (Lipinski definition) is 1.